The van der Waals surface area contributed by atoms with Gasteiger partial charge in [0, 0.05) is 19.1 Å². The molecule has 0 atom stereocenters. The van der Waals surface area contributed by atoms with Crippen molar-refractivity contribution < 1.29 is 14.3 Å². The van der Waals surface area contributed by atoms with Gasteiger partial charge in [0.1, 0.15) is 11.4 Å². The minimum absolute atomic E-state index is 0.00266. The minimum atomic E-state index is -0.297. The Labute approximate surface area is 154 Å². The van der Waals surface area contributed by atoms with Gasteiger partial charge in [0.15, 0.2) is 0 Å². The first kappa shape index (κ1) is 18.5. The summed E-state index contributed by atoms with van der Waals surface area (Å²) in [6, 6.07) is 0.00266. The van der Waals surface area contributed by atoms with E-state index in [1.54, 1.807) is 11.8 Å². The number of nitrogens with one attached hydrogen (secondary N) is 1. The van der Waals surface area contributed by atoms with Gasteiger partial charge in [-0.25, -0.2) is 4.98 Å². The van der Waals surface area contributed by atoms with Crippen LogP contribution >= 0.6 is 11.3 Å². The maximum absolute atomic E-state index is 12.8. The van der Waals surface area contributed by atoms with Crippen molar-refractivity contribution in [2.45, 2.75) is 33.4 Å². The molecule has 26 heavy (non-hydrogen) atoms. The molecule has 1 fully saturated rings. The van der Waals surface area contributed by atoms with E-state index in [1.165, 1.54) is 22.2 Å². The van der Waals surface area contributed by atoms with Crippen LogP contribution < -0.4 is 10.9 Å². The number of hydrogen-bond acceptors (Lipinski definition) is 6. The van der Waals surface area contributed by atoms with Gasteiger partial charge in [0.2, 0.25) is 5.91 Å². The molecule has 0 unspecified atom stereocenters. The van der Waals surface area contributed by atoms with E-state index in [0.29, 0.717) is 47.0 Å². The number of aromatic nitrogens is 2. The Morgan fingerprint density at radius 1 is 1.35 bits per heavy atom. The quantitative estimate of drug-likeness (QED) is 0.848. The van der Waals surface area contributed by atoms with E-state index >= 15 is 0 Å². The van der Waals surface area contributed by atoms with Crippen LogP contribution in [0, 0.1) is 6.92 Å². The second kappa shape index (κ2) is 7.55. The third kappa shape index (κ3) is 3.63. The second-order valence-electron chi connectivity index (χ2n) is 6.54. The van der Waals surface area contributed by atoms with Gasteiger partial charge in [-0.1, -0.05) is 0 Å². The Morgan fingerprint density at radius 2 is 2.04 bits per heavy atom. The topological polar surface area (TPSA) is 93.5 Å². The molecule has 8 nitrogen and oxygen atoms in total. The summed E-state index contributed by atoms with van der Waals surface area (Å²) in [5, 5.41) is 3.24. The van der Waals surface area contributed by atoms with Crippen LogP contribution in [0.2, 0.25) is 0 Å². The van der Waals surface area contributed by atoms with E-state index in [1.807, 2.05) is 13.8 Å². The van der Waals surface area contributed by atoms with Crippen LogP contribution in [0.25, 0.3) is 10.2 Å². The van der Waals surface area contributed by atoms with Crippen LogP contribution in [0.4, 0.5) is 0 Å². The highest BCUT2D eigenvalue weighted by Crippen LogP contribution is 2.26. The van der Waals surface area contributed by atoms with Crippen molar-refractivity contribution in [2.75, 3.05) is 26.3 Å². The molecule has 140 valence electrons. The van der Waals surface area contributed by atoms with Crippen LogP contribution in [0.3, 0.4) is 0 Å². The van der Waals surface area contributed by atoms with Gasteiger partial charge in [-0.15, -0.1) is 11.3 Å². The molecule has 0 aromatic carbocycles. The first-order valence-electron chi connectivity index (χ1n) is 8.53. The lowest BCUT2D eigenvalue weighted by Gasteiger charge is -2.26. The summed E-state index contributed by atoms with van der Waals surface area (Å²) >= 11 is 1.20. The Hall–Kier alpha value is -2.26. The van der Waals surface area contributed by atoms with Gasteiger partial charge < -0.3 is 15.0 Å². The van der Waals surface area contributed by atoms with E-state index in [-0.39, 0.29) is 30.0 Å². The fourth-order valence-electron chi connectivity index (χ4n) is 2.87. The zero-order valence-corrected chi connectivity index (χ0v) is 15.9. The highest BCUT2D eigenvalue weighted by Gasteiger charge is 2.22. The summed E-state index contributed by atoms with van der Waals surface area (Å²) in [7, 11) is 0. The van der Waals surface area contributed by atoms with Crippen molar-refractivity contribution in [3.8, 4) is 0 Å². The Bertz CT molecular complexity index is 896. The predicted molar refractivity (Wildman–Crippen MR) is 98.6 cm³/mol. The van der Waals surface area contributed by atoms with Crippen molar-refractivity contribution in [2.24, 2.45) is 0 Å². The number of fused-ring (bicyclic) bond motifs is 1. The monoisotopic (exact) mass is 378 g/mol. The maximum atomic E-state index is 12.8. The lowest BCUT2D eigenvalue weighted by molar-refractivity contribution is -0.135. The molecule has 0 spiro atoms. The lowest BCUT2D eigenvalue weighted by Crippen LogP contribution is -2.43. The Balaban J connectivity index is 1.90. The molecule has 0 radical (unpaired) electrons. The van der Waals surface area contributed by atoms with Gasteiger partial charge >= 0.3 is 0 Å². The first-order valence-corrected chi connectivity index (χ1v) is 9.35. The van der Waals surface area contributed by atoms with Crippen LogP contribution in [0.5, 0.6) is 0 Å². The fraction of sp³-hybridized carbons (Fsp3) is 0.529. The molecule has 0 bridgehead atoms. The zero-order chi connectivity index (χ0) is 18.8. The highest BCUT2D eigenvalue weighted by atomic mass is 32.1. The average molecular weight is 378 g/mol. The van der Waals surface area contributed by atoms with E-state index < -0.39 is 0 Å². The molecule has 1 aliphatic heterocycles. The van der Waals surface area contributed by atoms with E-state index in [2.05, 4.69) is 10.3 Å². The zero-order valence-electron chi connectivity index (χ0n) is 15.1. The van der Waals surface area contributed by atoms with Crippen molar-refractivity contribution in [1.29, 1.82) is 0 Å². The summed E-state index contributed by atoms with van der Waals surface area (Å²) in [4.78, 5) is 44.5. The molecule has 1 aliphatic rings. The van der Waals surface area contributed by atoms with Crippen molar-refractivity contribution in [3.63, 3.8) is 0 Å². The lowest BCUT2D eigenvalue weighted by atomic mass is 10.2. The molecular weight excluding hydrogens is 356 g/mol. The number of amides is 2. The normalized spacial score (nSPS) is 14.8. The molecule has 1 N–H and O–H groups in total. The van der Waals surface area contributed by atoms with Crippen molar-refractivity contribution in [1.82, 2.24) is 19.8 Å². The Kier molecular flexibility index (Phi) is 5.38. The fourth-order valence-corrected chi connectivity index (χ4v) is 3.92. The molecule has 3 rings (SSSR count). The van der Waals surface area contributed by atoms with Gasteiger partial charge in [-0.05, 0) is 26.3 Å². The van der Waals surface area contributed by atoms with Crippen molar-refractivity contribution >= 4 is 33.4 Å². The number of morpholine rings is 1. The number of carbonyl (C=O) groups excluding carboxylic acids is 2. The maximum Gasteiger partial charge on any atom is 0.262 e. The third-order valence-corrected chi connectivity index (χ3v) is 5.41. The summed E-state index contributed by atoms with van der Waals surface area (Å²) < 4.78 is 6.55. The Morgan fingerprint density at radius 3 is 2.69 bits per heavy atom. The SMILES string of the molecule is Cc1c(C(=O)NC(C)C)sc2ncn(CC(=O)N3CCOCC3)c(=O)c12. The summed E-state index contributed by atoms with van der Waals surface area (Å²) in [6.45, 7) is 7.51. The minimum Gasteiger partial charge on any atom is -0.378 e. The average Bonchev–Trinajstić information content (AvgIpc) is 2.95. The van der Waals surface area contributed by atoms with E-state index in [4.69, 9.17) is 4.74 Å². The highest BCUT2D eigenvalue weighted by molar-refractivity contribution is 7.20. The second-order valence-corrected chi connectivity index (χ2v) is 7.53. The predicted octanol–water partition coefficient (Wildman–Crippen LogP) is 0.763. The number of carbonyl (C=O) groups is 2. The van der Waals surface area contributed by atoms with Crippen LogP contribution in [0.15, 0.2) is 11.1 Å². The van der Waals surface area contributed by atoms with Gasteiger partial charge in [-0.3, -0.25) is 19.0 Å². The van der Waals surface area contributed by atoms with Gasteiger partial charge in [0.05, 0.1) is 29.8 Å². The molecule has 2 aromatic heterocycles. The first-order chi connectivity index (χ1) is 12.4. The van der Waals surface area contributed by atoms with Crippen LogP contribution in [0.1, 0.15) is 29.1 Å². The number of nitrogens with zero attached hydrogens (tertiary/aromatic N) is 3. The standard InChI is InChI=1S/C17H22N4O4S/c1-10(2)19-15(23)14-11(3)13-16(26-14)18-9-21(17(13)24)8-12(22)20-4-6-25-7-5-20/h9-10H,4-8H2,1-3H3,(H,19,23). The van der Waals surface area contributed by atoms with Crippen LogP contribution in [-0.4, -0.2) is 58.6 Å². The molecular formula is C17H22N4O4S. The van der Waals surface area contributed by atoms with Gasteiger partial charge in [0.25, 0.3) is 11.5 Å². The van der Waals surface area contributed by atoms with Crippen molar-refractivity contribution in [3.05, 3.63) is 27.1 Å². The molecule has 2 amide bonds. The molecule has 1 saturated heterocycles. The van der Waals surface area contributed by atoms with E-state index in [9.17, 15) is 14.4 Å². The summed E-state index contributed by atoms with van der Waals surface area (Å²) in [6.07, 6.45) is 1.38. The molecule has 0 saturated carbocycles. The molecule has 0 aliphatic carbocycles. The van der Waals surface area contributed by atoms with Crippen LogP contribution in [-0.2, 0) is 16.1 Å². The largest absolute Gasteiger partial charge is 0.378 e. The number of thiophene rings is 1. The smallest absolute Gasteiger partial charge is 0.262 e. The number of rotatable bonds is 4. The molecule has 2 aromatic rings. The van der Waals surface area contributed by atoms with Gasteiger partial charge in [-0.2, -0.15) is 0 Å². The summed E-state index contributed by atoms with van der Waals surface area (Å²) in [5.74, 6) is -0.349. The number of aryl methyl sites for hydroxylation is 1. The number of hydrogen-bond donors (Lipinski definition) is 1. The summed E-state index contributed by atoms with van der Waals surface area (Å²) in [5.41, 5.74) is 0.308. The van der Waals surface area contributed by atoms with E-state index in [0.717, 1.165) is 0 Å². The third-order valence-electron chi connectivity index (χ3n) is 4.21. The molecule has 9 heteroatoms. The number of ether oxygens (including phenoxy) is 1. The molecule has 3 heterocycles.